The number of nitrogens with zero attached hydrogens (tertiary/aromatic N) is 1. The molecule has 0 aliphatic carbocycles. The third kappa shape index (κ3) is 1.42. The Kier molecular flexibility index (Phi) is 2.09. The molecule has 0 fully saturated rings. The van der Waals surface area contributed by atoms with Gasteiger partial charge in [0.25, 0.3) is 0 Å². The van der Waals surface area contributed by atoms with Crippen molar-refractivity contribution in [3.05, 3.63) is 28.2 Å². The summed E-state index contributed by atoms with van der Waals surface area (Å²) in [6, 6.07) is 1.43. The van der Waals surface area contributed by atoms with Crippen molar-refractivity contribution in [1.82, 2.24) is 5.16 Å². The first-order chi connectivity index (χ1) is 6.68. The van der Waals surface area contributed by atoms with Crippen molar-refractivity contribution in [2.75, 3.05) is 0 Å². The van der Waals surface area contributed by atoms with Crippen molar-refractivity contribution in [2.24, 2.45) is 0 Å². The number of carboxylic acid groups (broad SMARTS) is 1. The van der Waals surface area contributed by atoms with Gasteiger partial charge < -0.3 is 9.63 Å². The van der Waals surface area contributed by atoms with E-state index in [0.717, 1.165) is 11.1 Å². The second kappa shape index (κ2) is 3.26. The van der Waals surface area contributed by atoms with E-state index in [4.69, 9.17) is 5.11 Å². The van der Waals surface area contributed by atoms with Crippen LogP contribution < -0.4 is 0 Å². The third-order valence-electron chi connectivity index (χ3n) is 1.85. The molecule has 0 atom stereocenters. The van der Waals surface area contributed by atoms with E-state index in [1.807, 2.05) is 17.7 Å². The van der Waals surface area contributed by atoms with Crippen molar-refractivity contribution < 1.29 is 14.4 Å². The average Bonchev–Trinajstić information content (AvgIpc) is 2.71. The van der Waals surface area contributed by atoms with E-state index >= 15 is 0 Å². The van der Waals surface area contributed by atoms with Crippen LogP contribution in [0.2, 0.25) is 0 Å². The number of aryl methyl sites for hydroxylation is 1. The normalized spacial score (nSPS) is 10.4. The Morgan fingerprint density at radius 1 is 1.57 bits per heavy atom. The highest BCUT2D eigenvalue weighted by molar-refractivity contribution is 7.08. The highest BCUT2D eigenvalue weighted by Crippen LogP contribution is 2.26. The maximum absolute atomic E-state index is 10.5. The molecule has 2 aromatic rings. The number of hydrogen-bond donors (Lipinski definition) is 1. The third-order valence-corrected chi connectivity index (χ3v) is 2.71. The van der Waals surface area contributed by atoms with Crippen molar-refractivity contribution in [1.29, 1.82) is 0 Å². The van der Waals surface area contributed by atoms with Crippen molar-refractivity contribution >= 4 is 17.3 Å². The lowest BCUT2D eigenvalue weighted by atomic mass is 10.1. The van der Waals surface area contributed by atoms with Gasteiger partial charge in [0.05, 0.1) is 0 Å². The van der Waals surface area contributed by atoms with Gasteiger partial charge in [-0.15, -0.1) is 0 Å². The minimum absolute atomic E-state index is 0.134. The molecule has 2 rings (SSSR count). The number of aromatic nitrogens is 1. The first-order valence-electron chi connectivity index (χ1n) is 3.91. The van der Waals surface area contributed by atoms with Crippen LogP contribution in [0, 0.1) is 6.92 Å². The first-order valence-corrected chi connectivity index (χ1v) is 4.86. The summed E-state index contributed by atoms with van der Waals surface area (Å²) in [4.78, 5) is 10.5. The first kappa shape index (κ1) is 8.96. The summed E-state index contributed by atoms with van der Waals surface area (Å²) in [7, 11) is 0. The predicted octanol–water partition coefficient (Wildman–Crippen LogP) is 2.41. The van der Waals surface area contributed by atoms with Gasteiger partial charge in [-0.2, -0.15) is 11.3 Å². The lowest BCUT2D eigenvalue weighted by Crippen LogP contribution is -1.91. The minimum atomic E-state index is -1.10. The molecule has 0 aliphatic heterocycles. The van der Waals surface area contributed by atoms with Crippen LogP contribution in [-0.4, -0.2) is 16.2 Å². The molecular weight excluding hydrogens is 202 g/mol. The minimum Gasteiger partial charge on any atom is -0.475 e. The lowest BCUT2D eigenvalue weighted by Gasteiger charge is -1.89. The van der Waals surface area contributed by atoms with E-state index in [1.165, 1.54) is 6.07 Å². The van der Waals surface area contributed by atoms with E-state index in [-0.39, 0.29) is 5.76 Å². The molecule has 2 heterocycles. The predicted molar refractivity (Wildman–Crippen MR) is 51.5 cm³/mol. The topological polar surface area (TPSA) is 63.3 Å². The molecule has 14 heavy (non-hydrogen) atoms. The zero-order valence-corrected chi connectivity index (χ0v) is 8.17. The van der Waals surface area contributed by atoms with Crippen LogP contribution in [0.5, 0.6) is 0 Å². The quantitative estimate of drug-likeness (QED) is 0.824. The Hall–Kier alpha value is -1.62. The van der Waals surface area contributed by atoms with Crippen LogP contribution in [0.25, 0.3) is 11.3 Å². The molecule has 0 unspecified atom stereocenters. The molecule has 0 aromatic carbocycles. The highest BCUT2D eigenvalue weighted by Gasteiger charge is 2.13. The van der Waals surface area contributed by atoms with E-state index in [9.17, 15) is 4.79 Å². The summed E-state index contributed by atoms with van der Waals surface area (Å²) in [6.45, 7) is 1.95. The Balaban J connectivity index is 2.43. The fourth-order valence-corrected chi connectivity index (χ4v) is 1.97. The Labute approximate surface area is 83.8 Å². The second-order valence-electron chi connectivity index (χ2n) is 2.85. The van der Waals surface area contributed by atoms with Gasteiger partial charge in [-0.25, -0.2) is 4.79 Å². The number of carboxylic acids is 1. The van der Waals surface area contributed by atoms with Gasteiger partial charge in [0.1, 0.15) is 5.69 Å². The molecule has 5 heteroatoms. The molecule has 0 saturated carbocycles. The van der Waals surface area contributed by atoms with E-state index in [2.05, 4.69) is 9.68 Å². The number of thiophene rings is 1. The Bertz CT molecular complexity index is 472. The fraction of sp³-hybridized carbons (Fsp3) is 0.111. The van der Waals surface area contributed by atoms with Crippen molar-refractivity contribution in [3.8, 4) is 11.3 Å². The molecular formula is C9H7NO3S. The lowest BCUT2D eigenvalue weighted by molar-refractivity contribution is 0.0652. The molecule has 0 amide bonds. The van der Waals surface area contributed by atoms with Crippen LogP contribution in [0.15, 0.2) is 21.3 Å². The summed E-state index contributed by atoms with van der Waals surface area (Å²) < 4.78 is 4.66. The summed E-state index contributed by atoms with van der Waals surface area (Å²) in [5.74, 6) is -1.23. The summed E-state index contributed by atoms with van der Waals surface area (Å²) in [5, 5.41) is 16.2. The number of hydrogen-bond acceptors (Lipinski definition) is 4. The maximum atomic E-state index is 10.5. The van der Waals surface area contributed by atoms with Crippen LogP contribution >= 0.6 is 11.3 Å². The molecule has 1 N–H and O–H groups in total. The SMILES string of the molecule is Cc1cscc1-c1cc(C(=O)O)on1. The summed E-state index contributed by atoms with van der Waals surface area (Å²) in [6.07, 6.45) is 0. The summed E-state index contributed by atoms with van der Waals surface area (Å²) in [5.41, 5.74) is 2.56. The van der Waals surface area contributed by atoms with E-state index in [0.29, 0.717) is 5.69 Å². The molecule has 4 nitrogen and oxygen atoms in total. The molecule has 72 valence electrons. The van der Waals surface area contributed by atoms with Gasteiger partial charge >= 0.3 is 5.97 Å². The van der Waals surface area contributed by atoms with Crippen LogP contribution in [-0.2, 0) is 0 Å². The zero-order chi connectivity index (χ0) is 10.1. The van der Waals surface area contributed by atoms with Crippen molar-refractivity contribution in [2.45, 2.75) is 6.92 Å². The molecule has 0 aliphatic rings. The van der Waals surface area contributed by atoms with Crippen LogP contribution in [0.4, 0.5) is 0 Å². The molecule has 0 saturated heterocycles. The number of aromatic carboxylic acids is 1. The second-order valence-corrected chi connectivity index (χ2v) is 3.59. The number of rotatable bonds is 2. The zero-order valence-electron chi connectivity index (χ0n) is 7.35. The largest absolute Gasteiger partial charge is 0.475 e. The van der Waals surface area contributed by atoms with Gasteiger partial charge in [0.15, 0.2) is 0 Å². The molecule has 0 bridgehead atoms. The van der Waals surface area contributed by atoms with Gasteiger partial charge in [0, 0.05) is 17.0 Å². The van der Waals surface area contributed by atoms with Gasteiger partial charge in [-0.1, -0.05) is 5.16 Å². The van der Waals surface area contributed by atoms with Gasteiger partial charge in [0.2, 0.25) is 5.76 Å². The summed E-state index contributed by atoms with van der Waals surface area (Å²) >= 11 is 1.55. The maximum Gasteiger partial charge on any atom is 0.374 e. The standard InChI is InChI=1S/C9H7NO3S/c1-5-3-14-4-6(5)7-2-8(9(11)12)13-10-7/h2-4H,1H3,(H,11,12). The van der Waals surface area contributed by atoms with E-state index in [1.54, 1.807) is 11.3 Å². The molecule has 0 radical (unpaired) electrons. The van der Waals surface area contributed by atoms with Crippen molar-refractivity contribution in [3.63, 3.8) is 0 Å². The monoisotopic (exact) mass is 209 g/mol. The van der Waals surface area contributed by atoms with Gasteiger partial charge in [-0.05, 0) is 17.9 Å². The number of carbonyl (C=O) groups is 1. The molecule has 2 aromatic heterocycles. The van der Waals surface area contributed by atoms with Gasteiger partial charge in [-0.3, -0.25) is 0 Å². The average molecular weight is 209 g/mol. The Morgan fingerprint density at radius 3 is 2.86 bits per heavy atom. The van der Waals surface area contributed by atoms with Crippen LogP contribution in [0.3, 0.4) is 0 Å². The molecule has 0 spiro atoms. The Morgan fingerprint density at radius 2 is 2.36 bits per heavy atom. The van der Waals surface area contributed by atoms with E-state index < -0.39 is 5.97 Å². The highest BCUT2D eigenvalue weighted by atomic mass is 32.1. The fourth-order valence-electron chi connectivity index (χ4n) is 1.13. The smallest absolute Gasteiger partial charge is 0.374 e. The van der Waals surface area contributed by atoms with Crippen LogP contribution in [0.1, 0.15) is 16.1 Å².